The number of aryl methyl sites for hydroxylation is 2. The number of tetrazole rings is 1. The number of nitrogens with one attached hydrogen (secondary N) is 1. The van der Waals surface area contributed by atoms with E-state index in [-0.39, 0.29) is 12.3 Å². The molecule has 124 valence electrons. The summed E-state index contributed by atoms with van der Waals surface area (Å²) < 4.78 is 9.98. The summed E-state index contributed by atoms with van der Waals surface area (Å²) in [5.74, 6) is 1.37. The fraction of sp³-hybridized carbons (Fsp3) is 0.267. The second-order valence-electron chi connectivity index (χ2n) is 5.07. The van der Waals surface area contributed by atoms with E-state index in [4.69, 9.17) is 9.26 Å². The van der Waals surface area contributed by atoms with Gasteiger partial charge in [-0.3, -0.25) is 4.79 Å². The zero-order chi connectivity index (χ0) is 16.9. The number of anilines is 1. The highest BCUT2D eigenvalue weighted by molar-refractivity contribution is 5.91. The standard InChI is InChI=1S/C15H16N6O3/c1-21-18-15(17-20-21)10-4-3-5-11(8-10)16-13(22)7-6-12-9-14(23-2)19-24-12/h3-5,8-9H,6-7H2,1-2H3,(H,16,22). The number of benzene rings is 1. The van der Waals surface area contributed by atoms with Crippen molar-refractivity contribution in [2.45, 2.75) is 12.8 Å². The Balaban J connectivity index is 1.60. The molecule has 0 saturated carbocycles. The third kappa shape index (κ3) is 3.75. The van der Waals surface area contributed by atoms with Gasteiger partial charge in [-0.1, -0.05) is 12.1 Å². The largest absolute Gasteiger partial charge is 0.479 e. The van der Waals surface area contributed by atoms with Crippen molar-refractivity contribution >= 4 is 11.6 Å². The number of hydrogen-bond acceptors (Lipinski definition) is 7. The zero-order valence-corrected chi connectivity index (χ0v) is 13.3. The normalized spacial score (nSPS) is 10.6. The molecule has 1 aromatic carbocycles. The van der Waals surface area contributed by atoms with E-state index in [1.165, 1.54) is 11.9 Å². The monoisotopic (exact) mass is 328 g/mol. The Morgan fingerprint density at radius 2 is 2.25 bits per heavy atom. The van der Waals surface area contributed by atoms with Crippen molar-refractivity contribution in [2.75, 3.05) is 12.4 Å². The van der Waals surface area contributed by atoms with Gasteiger partial charge < -0.3 is 14.6 Å². The number of hydrogen-bond donors (Lipinski definition) is 1. The van der Waals surface area contributed by atoms with Crippen molar-refractivity contribution in [3.63, 3.8) is 0 Å². The molecule has 0 bridgehead atoms. The van der Waals surface area contributed by atoms with E-state index in [9.17, 15) is 4.79 Å². The summed E-state index contributed by atoms with van der Waals surface area (Å²) in [6.45, 7) is 0. The molecule has 0 saturated heterocycles. The quantitative estimate of drug-likeness (QED) is 0.729. The first-order valence-corrected chi connectivity index (χ1v) is 7.28. The summed E-state index contributed by atoms with van der Waals surface area (Å²) in [7, 11) is 3.20. The molecule has 0 radical (unpaired) electrons. The van der Waals surface area contributed by atoms with Crippen LogP contribution >= 0.6 is 0 Å². The van der Waals surface area contributed by atoms with Gasteiger partial charge in [0.05, 0.1) is 14.2 Å². The van der Waals surface area contributed by atoms with Crippen molar-refractivity contribution < 1.29 is 14.1 Å². The number of carbonyl (C=O) groups is 1. The molecule has 0 atom stereocenters. The van der Waals surface area contributed by atoms with Crippen molar-refractivity contribution in [2.24, 2.45) is 7.05 Å². The van der Waals surface area contributed by atoms with Crippen molar-refractivity contribution in [3.05, 3.63) is 36.1 Å². The van der Waals surface area contributed by atoms with Crippen molar-refractivity contribution in [3.8, 4) is 17.3 Å². The molecule has 24 heavy (non-hydrogen) atoms. The fourth-order valence-electron chi connectivity index (χ4n) is 2.10. The van der Waals surface area contributed by atoms with Gasteiger partial charge in [-0.05, 0) is 22.5 Å². The molecule has 0 aliphatic carbocycles. The van der Waals surface area contributed by atoms with Crippen LogP contribution in [-0.4, -0.2) is 38.4 Å². The molecule has 0 fully saturated rings. The molecule has 3 aromatic rings. The van der Waals surface area contributed by atoms with Gasteiger partial charge in [0.1, 0.15) is 5.76 Å². The summed E-state index contributed by atoms with van der Waals surface area (Å²) in [5, 5.41) is 18.4. The third-order valence-corrected chi connectivity index (χ3v) is 3.26. The third-order valence-electron chi connectivity index (χ3n) is 3.26. The Morgan fingerprint density at radius 3 is 2.96 bits per heavy atom. The highest BCUT2D eigenvalue weighted by atomic mass is 16.5. The summed E-state index contributed by atoms with van der Waals surface area (Å²) in [6.07, 6.45) is 0.708. The first kappa shape index (κ1) is 15.7. The molecule has 3 rings (SSSR count). The SMILES string of the molecule is COc1cc(CCC(=O)Nc2cccc(-c3nnn(C)n3)c2)on1. The molecule has 9 heteroatoms. The molecule has 1 N–H and O–H groups in total. The average Bonchev–Trinajstić information content (AvgIpc) is 3.22. The molecule has 2 heterocycles. The van der Waals surface area contributed by atoms with Crippen LogP contribution in [0.4, 0.5) is 5.69 Å². The van der Waals surface area contributed by atoms with Crippen LogP contribution in [0.25, 0.3) is 11.4 Å². The lowest BCUT2D eigenvalue weighted by Gasteiger charge is -2.05. The fourth-order valence-corrected chi connectivity index (χ4v) is 2.10. The summed E-state index contributed by atoms with van der Waals surface area (Å²) in [4.78, 5) is 13.4. The van der Waals surface area contributed by atoms with Crippen LogP contribution in [0.1, 0.15) is 12.2 Å². The van der Waals surface area contributed by atoms with Gasteiger partial charge in [0.2, 0.25) is 11.7 Å². The highest BCUT2D eigenvalue weighted by Gasteiger charge is 2.10. The molecular formula is C15H16N6O3. The van der Waals surface area contributed by atoms with Gasteiger partial charge in [-0.25, -0.2) is 0 Å². The van der Waals surface area contributed by atoms with Crippen LogP contribution in [-0.2, 0) is 18.3 Å². The second-order valence-corrected chi connectivity index (χ2v) is 5.07. The minimum Gasteiger partial charge on any atom is -0.479 e. The lowest BCUT2D eigenvalue weighted by molar-refractivity contribution is -0.116. The topological polar surface area (TPSA) is 108 Å². The number of ether oxygens (including phenoxy) is 1. The average molecular weight is 328 g/mol. The maximum atomic E-state index is 12.1. The number of methoxy groups -OCH3 is 1. The van der Waals surface area contributed by atoms with Crippen molar-refractivity contribution in [1.29, 1.82) is 0 Å². The first-order valence-electron chi connectivity index (χ1n) is 7.28. The Bertz CT molecular complexity index is 841. The van der Waals surface area contributed by atoms with Crippen LogP contribution in [0.5, 0.6) is 5.88 Å². The van der Waals surface area contributed by atoms with Gasteiger partial charge in [0.25, 0.3) is 5.88 Å². The van der Waals surface area contributed by atoms with Crippen LogP contribution < -0.4 is 10.1 Å². The van der Waals surface area contributed by atoms with Gasteiger partial charge in [0, 0.05) is 30.2 Å². The van der Waals surface area contributed by atoms with E-state index in [0.717, 1.165) is 5.56 Å². The predicted octanol–water partition coefficient (Wildman–Crippen LogP) is 1.44. The van der Waals surface area contributed by atoms with E-state index in [2.05, 4.69) is 25.9 Å². The zero-order valence-electron chi connectivity index (χ0n) is 13.3. The Labute approximate surface area is 137 Å². The lowest BCUT2D eigenvalue weighted by Crippen LogP contribution is -2.12. The molecule has 2 aromatic heterocycles. The lowest BCUT2D eigenvalue weighted by atomic mass is 10.2. The highest BCUT2D eigenvalue weighted by Crippen LogP contribution is 2.19. The number of carbonyl (C=O) groups excluding carboxylic acids is 1. The van der Waals surface area contributed by atoms with E-state index >= 15 is 0 Å². The number of rotatable bonds is 6. The second kappa shape index (κ2) is 6.90. The van der Waals surface area contributed by atoms with E-state index in [1.807, 2.05) is 12.1 Å². The minimum atomic E-state index is -0.130. The Morgan fingerprint density at radius 1 is 1.38 bits per heavy atom. The van der Waals surface area contributed by atoms with E-state index < -0.39 is 0 Å². The van der Waals surface area contributed by atoms with Crippen LogP contribution in [0, 0.1) is 0 Å². The Hall–Kier alpha value is -3.23. The first-order chi connectivity index (χ1) is 11.6. The maximum absolute atomic E-state index is 12.1. The summed E-state index contributed by atoms with van der Waals surface area (Å²) in [6, 6.07) is 8.94. The summed E-state index contributed by atoms with van der Waals surface area (Å²) in [5.41, 5.74) is 1.45. The van der Waals surface area contributed by atoms with Crippen LogP contribution in [0.15, 0.2) is 34.9 Å². The smallest absolute Gasteiger partial charge is 0.254 e. The van der Waals surface area contributed by atoms with E-state index in [1.54, 1.807) is 25.2 Å². The van der Waals surface area contributed by atoms with E-state index in [0.29, 0.717) is 29.6 Å². The number of amides is 1. The molecule has 0 aliphatic heterocycles. The number of nitrogens with zero attached hydrogens (tertiary/aromatic N) is 5. The van der Waals surface area contributed by atoms with Crippen molar-refractivity contribution in [1.82, 2.24) is 25.4 Å². The minimum absolute atomic E-state index is 0.130. The molecule has 0 unspecified atom stereocenters. The van der Waals surface area contributed by atoms with Gasteiger partial charge in [0.15, 0.2) is 0 Å². The maximum Gasteiger partial charge on any atom is 0.254 e. The number of aromatic nitrogens is 5. The molecule has 9 nitrogen and oxygen atoms in total. The predicted molar refractivity (Wildman–Crippen MR) is 84.2 cm³/mol. The molecule has 1 amide bonds. The van der Waals surface area contributed by atoms with Crippen LogP contribution in [0.3, 0.4) is 0 Å². The van der Waals surface area contributed by atoms with Crippen LogP contribution in [0.2, 0.25) is 0 Å². The van der Waals surface area contributed by atoms with Gasteiger partial charge in [-0.15, -0.1) is 10.2 Å². The molecular weight excluding hydrogens is 312 g/mol. The summed E-state index contributed by atoms with van der Waals surface area (Å²) >= 11 is 0. The molecule has 0 aliphatic rings. The Kier molecular flexibility index (Phi) is 4.50. The molecule has 0 spiro atoms. The van der Waals surface area contributed by atoms with Gasteiger partial charge >= 0.3 is 0 Å². The van der Waals surface area contributed by atoms with Gasteiger partial charge in [-0.2, -0.15) is 4.80 Å².